The fourth-order valence-corrected chi connectivity index (χ4v) is 3.34. The van der Waals surface area contributed by atoms with Gasteiger partial charge in [0.05, 0.1) is 16.6 Å². The number of rotatable bonds is 3. The summed E-state index contributed by atoms with van der Waals surface area (Å²) < 4.78 is 2.28. The van der Waals surface area contributed by atoms with Crippen molar-refractivity contribution < 1.29 is 9.90 Å². The maximum Gasteiger partial charge on any atom is 0.335 e. The first-order chi connectivity index (χ1) is 10.1. The highest BCUT2D eigenvalue weighted by atomic mass is 16.4. The van der Waals surface area contributed by atoms with Crippen LogP contribution in [0.4, 0.5) is 0 Å². The quantitative estimate of drug-likeness (QED) is 0.943. The van der Waals surface area contributed by atoms with Crippen molar-refractivity contribution in [1.29, 1.82) is 0 Å². The summed E-state index contributed by atoms with van der Waals surface area (Å²) in [6.45, 7) is 7.49. The van der Waals surface area contributed by atoms with Gasteiger partial charge in [-0.25, -0.2) is 9.78 Å². The van der Waals surface area contributed by atoms with Gasteiger partial charge < -0.3 is 14.6 Å². The molecule has 1 N–H and O–H groups in total. The average Bonchev–Trinajstić information content (AvgIpc) is 2.82. The zero-order valence-electron chi connectivity index (χ0n) is 12.5. The van der Waals surface area contributed by atoms with E-state index in [1.807, 2.05) is 13.0 Å². The van der Waals surface area contributed by atoms with Crippen LogP contribution in [0.15, 0.2) is 18.2 Å². The average molecular weight is 287 g/mol. The third-order valence-electron chi connectivity index (χ3n) is 4.41. The molecule has 1 atom stereocenters. The number of hydrogen-bond acceptors (Lipinski definition) is 3. The second-order valence-electron chi connectivity index (χ2n) is 5.73. The van der Waals surface area contributed by atoms with Crippen molar-refractivity contribution in [3.63, 3.8) is 0 Å². The zero-order valence-corrected chi connectivity index (χ0v) is 12.5. The number of benzene rings is 1. The van der Waals surface area contributed by atoms with Crippen molar-refractivity contribution in [2.45, 2.75) is 32.7 Å². The van der Waals surface area contributed by atoms with Crippen molar-refractivity contribution in [2.24, 2.45) is 0 Å². The summed E-state index contributed by atoms with van der Waals surface area (Å²) >= 11 is 0. The van der Waals surface area contributed by atoms with Gasteiger partial charge in [-0.1, -0.05) is 6.92 Å². The van der Waals surface area contributed by atoms with Crippen LogP contribution in [0.25, 0.3) is 11.0 Å². The number of carboxylic acid groups (broad SMARTS) is 1. The highest BCUT2D eigenvalue weighted by Crippen LogP contribution is 2.28. The summed E-state index contributed by atoms with van der Waals surface area (Å²) in [4.78, 5) is 18.1. The minimum atomic E-state index is -0.904. The number of aryl methyl sites for hydroxylation is 1. The van der Waals surface area contributed by atoms with Gasteiger partial charge in [-0.3, -0.25) is 0 Å². The summed E-state index contributed by atoms with van der Waals surface area (Å²) in [5.41, 5.74) is 2.12. The first-order valence-electron chi connectivity index (χ1n) is 7.54. The number of carboxylic acids is 1. The van der Waals surface area contributed by atoms with E-state index in [9.17, 15) is 4.79 Å². The molecule has 1 aromatic carbocycles. The fourth-order valence-electron chi connectivity index (χ4n) is 3.34. The number of imidazole rings is 1. The lowest BCUT2D eigenvalue weighted by Crippen LogP contribution is -2.36. The van der Waals surface area contributed by atoms with Crippen LogP contribution in [0.2, 0.25) is 0 Å². The van der Waals surface area contributed by atoms with Crippen LogP contribution in [0.3, 0.4) is 0 Å². The summed E-state index contributed by atoms with van der Waals surface area (Å²) in [7, 11) is 0. The van der Waals surface area contributed by atoms with Gasteiger partial charge in [0.2, 0.25) is 0 Å². The maximum atomic E-state index is 11.1. The summed E-state index contributed by atoms with van der Waals surface area (Å²) in [6.07, 6.45) is 2.36. The lowest BCUT2D eigenvalue weighted by molar-refractivity contribution is 0.0697. The monoisotopic (exact) mass is 287 g/mol. The van der Waals surface area contributed by atoms with E-state index in [1.165, 1.54) is 13.0 Å². The Morgan fingerprint density at radius 3 is 3.00 bits per heavy atom. The molecule has 5 nitrogen and oxygen atoms in total. The number of aromatic nitrogens is 2. The Bertz CT molecular complexity index is 677. The SMILES string of the molecule is CCN1CCCC(n2c(C)nc3cc(C(=O)O)ccc32)C1. The van der Waals surface area contributed by atoms with Crippen molar-refractivity contribution in [1.82, 2.24) is 14.5 Å². The van der Waals surface area contributed by atoms with E-state index in [0.717, 1.165) is 36.4 Å². The van der Waals surface area contributed by atoms with Gasteiger partial charge in [-0.15, -0.1) is 0 Å². The summed E-state index contributed by atoms with van der Waals surface area (Å²) in [6, 6.07) is 5.66. The summed E-state index contributed by atoms with van der Waals surface area (Å²) in [5.74, 6) is 0.0643. The van der Waals surface area contributed by atoms with E-state index in [4.69, 9.17) is 5.11 Å². The molecule has 0 radical (unpaired) electrons. The van der Waals surface area contributed by atoms with Gasteiger partial charge >= 0.3 is 5.97 Å². The smallest absolute Gasteiger partial charge is 0.335 e. The Balaban J connectivity index is 2.02. The Hall–Kier alpha value is -1.88. The number of carbonyl (C=O) groups is 1. The maximum absolute atomic E-state index is 11.1. The molecule has 1 aliphatic heterocycles. The molecule has 112 valence electrons. The Morgan fingerprint density at radius 2 is 2.29 bits per heavy atom. The van der Waals surface area contributed by atoms with E-state index < -0.39 is 5.97 Å². The van der Waals surface area contributed by atoms with Crippen LogP contribution in [-0.2, 0) is 0 Å². The largest absolute Gasteiger partial charge is 0.478 e. The summed E-state index contributed by atoms with van der Waals surface area (Å²) in [5, 5.41) is 9.09. The molecule has 1 aliphatic rings. The number of likely N-dealkylation sites (N-methyl/N-ethyl adjacent to an activating group) is 1. The van der Waals surface area contributed by atoms with Gasteiger partial charge in [-0.2, -0.15) is 0 Å². The number of aromatic carboxylic acids is 1. The Labute approximate surface area is 124 Å². The Kier molecular flexibility index (Phi) is 3.68. The third-order valence-corrected chi connectivity index (χ3v) is 4.41. The minimum Gasteiger partial charge on any atom is -0.478 e. The molecule has 3 rings (SSSR count). The Morgan fingerprint density at radius 1 is 1.48 bits per heavy atom. The molecule has 1 aromatic heterocycles. The van der Waals surface area contributed by atoms with Gasteiger partial charge in [-0.05, 0) is 51.1 Å². The van der Waals surface area contributed by atoms with Gasteiger partial charge in [0.25, 0.3) is 0 Å². The van der Waals surface area contributed by atoms with E-state index >= 15 is 0 Å². The van der Waals surface area contributed by atoms with Crippen molar-refractivity contribution in [2.75, 3.05) is 19.6 Å². The van der Waals surface area contributed by atoms with Crippen molar-refractivity contribution >= 4 is 17.0 Å². The molecule has 0 amide bonds. The predicted molar refractivity (Wildman–Crippen MR) is 81.8 cm³/mol. The number of hydrogen-bond donors (Lipinski definition) is 1. The van der Waals surface area contributed by atoms with E-state index in [1.54, 1.807) is 12.1 Å². The van der Waals surface area contributed by atoms with Gasteiger partial charge in [0, 0.05) is 12.6 Å². The molecule has 2 heterocycles. The molecule has 0 spiro atoms. The van der Waals surface area contributed by atoms with Gasteiger partial charge in [0.1, 0.15) is 5.82 Å². The first-order valence-corrected chi connectivity index (χ1v) is 7.54. The van der Waals surface area contributed by atoms with Crippen LogP contribution < -0.4 is 0 Å². The van der Waals surface area contributed by atoms with Crippen LogP contribution in [0, 0.1) is 6.92 Å². The molecule has 2 aromatic rings. The molecule has 1 fully saturated rings. The van der Waals surface area contributed by atoms with Crippen molar-refractivity contribution in [3.8, 4) is 0 Å². The minimum absolute atomic E-state index is 0.297. The van der Waals surface area contributed by atoms with E-state index in [0.29, 0.717) is 11.6 Å². The molecule has 0 saturated carbocycles. The fraction of sp³-hybridized carbons (Fsp3) is 0.500. The first kappa shape index (κ1) is 14.1. The number of piperidine rings is 1. The van der Waals surface area contributed by atoms with Crippen LogP contribution in [0.5, 0.6) is 0 Å². The molecule has 21 heavy (non-hydrogen) atoms. The number of fused-ring (bicyclic) bond motifs is 1. The third kappa shape index (κ3) is 2.53. The second kappa shape index (κ2) is 5.48. The second-order valence-corrected chi connectivity index (χ2v) is 5.73. The molecule has 0 bridgehead atoms. The van der Waals surface area contributed by atoms with Crippen molar-refractivity contribution in [3.05, 3.63) is 29.6 Å². The van der Waals surface area contributed by atoms with Crippen LogP contribution in [0.1, 0.15) is 42.0 Å². The molecule has 1 unspecified atom stereocenters. The van der Waals surface area contributed by atoms with E-state index in [2.05, 4.69) is 21.4 Å². The lowest BCUT2D eigenvalue weighted by atomic mass is 10.0. The number of nitrogens with zero attached hydrogens (tertiary/aromatic N) is 3. The van der Waals surface area contributed by atoms with Gasteiger partial charge in [0.15, 0.2) is 0 Å². The molecule has 0 aliphatic carbocycles. The normalized spacial score (nSPS) is 20.0. The highest BCUT2D eigenvalue weighted by molar-refractivity contribution is 5.92. The predicted octanol–water partition coefficient (Wildman–Crippen LogP) is 2.70. The molecule has 1 saturated heterocycles. The highest BCUT2D eigenvalue weighted by Gasteiger charge is 2.23. The van der Waals surface area contributed by atoms with Crippen LogP contribution in [-0.4, -0.2) is 45.2 Å². The number of likely N-dealkylation sites (tertiary alicyclic amines) is 1. The lowest BCUT2D eigenvalue weighted by Gasteiger charge is -2.33. The van der Waals surface area contributed by atoms with E-state index in [-0.39, 0.29) is 0 Å². The van der Waals surface area contributed by atoms with Crippen LogP contribution >= 0.6 is 0 Å². The zero-order chi connectivity index (χ0) is 15.0. The standard InChI is InChI=1S/C16H21N3O2/c1-3-18-8-4-5-13(10-18)19-11(2)17-14-9-12(16(20)21)6-7-15(14)19/h6-7,9,13H,3-5,8,10H2,1-2H3,(H,20,21). The molecule has 5 heteroatoms. The molecular formula is C16H21N3O2. The molecular weight excluding hydrogens is 266 g/mol. The topological polar surface area (TPSA) is 58.4 Å².